The highest BCUT2D eigenvalue weighted by Gasteiger charge is 2.18. The molecule has 1 aromatic rings. The fraction of sp³-hybridized carbons (Fsp3) is 0.400. The summed E-state index contributed by atoms with van der Waals surface area (Å²) in [4.78, 5) is 15.2. The molecular formula is C10H10BrF2NO2. The van der Waals surface area contributed by atoms with Crippen molar-refractivity contribution in [3.63, 3.8) is 0 Å². The molecule has 16 heavy (non-hydrogen) atoms. The first-order valence-corrected chi connectivity index (χ1v) is 5.39. The van der Waals surface area contributed by atoms with Crippen molar-refractivity contribution in [1.29, 1.82) is 0 Å². The van der Waals surface area contributed by atoms with Crippen molar-refractivity contribution in [3.8, 4) is 0 Å². The Balaban J connectivity index is 3.18. The molecule has 0 spiro atoms. The maximum Gasteiger partial charge on any atom is 0.356 e. The monoisotopic (exact) mass is 293 g/mol. The summed E-state index contributed by atoms with van der Waals surface area (Å²) in [6.45, 7) is 3.32. The van der Waals surface area contributed by atoms with Crippen LogP contribution in [0.1, 0.15) is 35.0 Å². The van der Waals surface area contributed by atoms with Crippen molar-refractivity contribution < 1.29 is 18.3 Å². The summed E-state index contributed by atoms with van der Waals surface area (Å²) in [6, 6.07) is 1.06. The molecule has 0 N–H and O–H groups in total. The third-order valence-electron chi connectivity index (χ3n) is 1.97. The van der Waals surface area contributed by atoms with Crippen molar-refractivity contribution in [2.45, 2.75) is 20.3 Å². The van der Waals surface area contributed by atoms with Crippen LogP contribution in [0.3, 0.4) is 0 Å². The Bertz CT molecular complexity index is 410. The third-order valence-corrected chi connectivity index (χ3v) is 2.75. The van der Waals surface area contributed by atoms with Gasteiger partial charge in [0.05, 0.1) is 6.61 Å². The quantitative estimate of drug-likeness (QED) is 0.634. The highest BCUT2D eigenvalue weighted by molar-refractivity contribution is 9.10. The molecule has 0 aliphatic rings. The first-order valence-electron chi connectivity index (χ1n) is 4.59. The van der Waals surface area contributed by atoms with Gasteiger partial charge in [0.1, 0.15) is 10.3 Å². The Morgan fingerprint density at radius 1 is 1.62 bits per heavy atom. The molecule has 0 saturated carbocycles. The lowest BCUT2D eigenvalue weighted by molar-refractivity contribution is 0.0518. The van der Waals surface area contributed by atoms with Gasteiger partial charge in [-0.2, -0.15) is 0 Å². The van der Waals surface area contributed by atoms with E-state index >= 15 is 0 Å². The Morgan fingerprint density at radius 2 is 2.25 bits per heavy atom. The topological polar surface area (TPSA) is 39.2 Å². The molecule has 0 atom stereocenters. The number of aromatic nitrogens is 1. The lowest BCUT2D eigenvalue weighted by Gasteiger charge is -2.08. The van der Waals surface area contributed by atoms with Crippen LogP contribution < -0.4 is 0 Å². The van der Waals surface area contributed by atoms with Crippen LogP contribution in [0.15, 0.2) is 10.7 Å². The summed E-state index contributed by atoms with van der Waals surface area (Å²) in [7, 11) is 0. The molecule has 0 saturated heterocycles. The van der Waals surface area contributed by atoms with Crippen molar-refractivity contribution in [2.24, 2.45) is 0 Å². The van der Waals surface area contributed by atoms with E-state index in [9.17, 15) is 13.6 Å². The van der Waals surface area contributed by atoms with Gasteiger partial charge in [0.2, 0.25) is 0 Å². The van der Waals surface area contributed by atoms with E-state index in [0.717, 1.165) is 6.07 Å². The normalized spacial score (nSPS) is 10.6. The van der Waals surface area contributed by atoms with E-state index in [2.05, 4.69) is 20.9 Å². The zero-order valence-corrected chi connectivity index (χ0v) is 10.3. The van der Waals surface area contributed by atoms with Crippen LogP contribution in [0.5, 0.6) is 0 Å². The predicted molar refractivity (Wildman–Crippen MR) is 57.6 cm³/mol. The van der Waals surface area contributed by atoms with Gasteiger partial charge in [0, 0.05) is 5.56 Å². The smallest absolute Gasteiger partial charge is 0.356 e. The minimum atomic E-state index is -2.65. The Hall–Kier alpha value is -1.04. The molecule has 0 amide bonds. The Kier molecular flexibility index (Phi) is 4.35. The van der Waals surface area contributed by atoms with E-state index in [1.807, 2.05) is 0 Å². The molecule has 1 heterocycles. The number of ether oxygens (including phenoxy) is 1. The second-order valence-electron chi connectivity index (χ2n) is 3.03. The maximum absolute atomic E-state index is 12.6. The molecule has 0 fully saturated rings. The van der Waals surface area contributed by atoms with Crippen LogP contribution in [0.4, 0.5) is 8.78 Å². The van der Waals surface area contributed by atoms with E-state index in [0.29, 0.717) is 5.56 Å². The summed E-state index contributed by atoms with van der Waals surface area (Å²) in [5.41, 5.74) is -0.0115. The minimum Gasteiger partial charge on any atom is -0.461 e. The number of halogens is 3. The fourth-order valence-corrected chi connectivity index (χ4v) is 1.55. The van der Waals surface area contributed by atoms with E-state index in [4.69, 9.17) is 4.74 Å². The number of alkyl halides is 2. The first-order chi connectivity index (χ1) is 7.47. The second kappa shape index (κ2) is 5.34. The van der Waals surface area contributed by atoms with E-state index in [1.165, 1.54) is 6.92 Å². The molecule has 0 radical (unpaired) electrons. The van der Waals surface area contributed by atoms with Crippen LogP contribution in [-0.2, 0) is 4.74 Å². The molecule has 6 heteroatoms. The van der Waals surface area contributed by atoms with Crippen LogP contribution in [0.2, 0.25) is 0 Å². The molecule has 0 aliphatic carbocycles. The van der Waals surface area contributed by atoms with Gasteiger partial charge in [0.25, 0.3) is 6.43 Å². The number of hydrogen-bond acceptors (Lipinski definition) is 3. The number of hydrogen-bond donors (Lipinski definition) is 0. The maximum atomic E-state index is 12.6. The SMILES string of the molecule is CCOC(=O)c1cc(C(F)F)c(C)c(Br)n1. The number of carbonyl (C=O) groups is 1. The van der Waals surface area contributed by atoms with Gasteiger partial charge in [-0.25, -0.2) is 18.6 Å². The van der Waals surface area contributed by atoms with E-state index in [1.54, 1.807) is 6.92 Å². The molecular weight excluding hydrogens is 284 g/mol. The van der Waals surface area contributed by atoms with E-state index in [-0.39, 0.29) is 22.5 Å². The number of nitrogens with zero attached hydrogens (tertiary/aromatic N) is 1. The van der Waals surface area contributed by atoms with Gasteiger partial charge >= 0.3 is 5.97 Å². The van der Waals surface area contributed by atoms with Crippen LogP contribution in [0.25, 0.3) is 0 Å². The number of pyridine rings is 1. The summed E-state index contributed by atoms with van der Waals surface area (Å²) in [6.07, 6.45) is -2.65. The summed E-state index contributed by atoms with van der Waals surface area (Å²) in [5.74, 6) is -0.704. The molecule has 0 unspecified atom stereocenters. The predicted octanol–water partition coefficient (Wildman–Crippen LogP) is 3.27. The average Bonchev–Trinajstić information content (AvgIpc) is 2.21. The number of rotatable bonds is 3. The van der Waals surface area contributed by atoms with Gasteiger partial charge < -0.3 is 4.74 Å². The molecule has 1 rings (SSSR count). The summed E-state index contributed by atoms with van der Waals surface area (Å²) < 4.78 is 30.2. The van der Waals surface area contributed by atoms with Crippen molar-refractivity contribution in [2.75, 3.05) is 6.61 Å². The standard InChI is InChI=1S/C10H10BrF2NO2/c1-3-16-10(15)7-4-6(9(12)13)5(2)8(11)14-7/h4,9H,3H2,1-2H3. The molecule has 0 aromatic carbocycles. The molecule has 88 valence electrons. The average molecular weight is 294 g/mol. The molecule has 0 bridgehead atoms. The third kappa shape index (κ3) is 2.75. The van der Waals surface area contributed by atoms with Gasteiger partial charge in [-0.3, -0.25) is 0 Å². The second-order valence-corrected chi connectivity index (χ2v) is 3.78. The van der Waals surface area contributed by atoms with Gasteiger partial charge in [0.15, 0.2) is 0 Å². The zero-order valence-electron chi connectivity index (χ0n) is 8.76. The fourth-order valence-electron chi connectivity index (χ4n) is 1.13. The van der Waals surface area contributed by atoms with Gasteiger partial charge in [-0.05, 0) is 41.4 Å². The Morgan fingerprint density at radius 3 is 2.75 bits per heavy atom. The van der Waals surface area contributed by atoms with Gasteiger partial charge in [-0.1, -0.05) is 0 Å². The van der Waals surface area contributed by atoms with Crippen molar-refractivity contribution in [3.05, 3.63) is 27.5 Å². The zero-order chi connectivity index (χ0) is 12.3. The van der Waals surface area contributed by atoms with Crippen molar-refractivity contribution >= 4 is 21.9 Å². The minimum absolute atomic E-state index is 0.116. The molecule has 3 nitrogen and oxygen atoms in total. The van der Waals surface area contributed by atoms with Crippen molar-refractivity contribution in [1.82, 2.24) is 4.98 Å². The lowest BCUT2D eigenvalue weighted by Crippen LogP contribution is -2.09. The highest BCUT2D eigenvalue weighted by atomic mass is 79.9. The lowest BCUT2D eigenvalue weighted by atomic mass is 10.1. The van der Waals surface area contributed by atoms with Crippen LogP contribution >= 0.6 is 15.9 Å². The highest BCUT2D eigenvalue weighted by Crippen LogP contribution is 2.27. The van der Waals surface area contributed by atoms with Crippen LogP contribution in [-0.4, -0.2) is 17.6 Å². The molecule has 0 aliphatic heterocycles. The first kappa shape index (κ1) is 13.0. The number of carbonyl (C=O) groups excluding carboxylic acids is 1. The van der Waals surface area contributed by atoms with Gasteiger partial charge in [-0.15, -0.1) is 0 Å². The molecule has 1 aromatic heterocycles. The largest absolute Gasteiger partial charge is 0.461 e. The van der Waals surface area contributed by atoms with Crippen LogP contribution in [0, 0.1) is 6.92 Å². The Labute approximate surface area is 99.9 Å². The summed E-state index contributed by atoms with van der Waals surface area (Å²) in [5, 5.41) is 0. The summed E-state index contributed by atoms with van der Waals surface area (Å²) >= 11 is 3.03. The number of esters is 1. The van der Waals surface area contributed by atoms with E-state index < -0.39 is 12.4 Å².